The normalized spacial score (nSPS) is 16.5. The van der Waals surface area contributed by atoms with E-state index in [1.54, 1.807) is 0 Å². The molecule has 2 heterocycles. The van der Waals surface area contributed by atoms with Gasteiger partial charge in [0.05, 0.1) is 11.7 Å². The number of anilines is 1. The van der Waals surface area contributed by atoms with Crippen LogP contribution in [0.3, 0.4) is 0 Å². The zero-order valence-electron chi connectivity index (χ0n) is 14.8. The van der Waals surface area contributed by atoms with Crippen molar-refractivity contribution in [3.05, 3.63) is 71.3 Å². The van der Waals surface area contributed by atoms with Gasteiger partial charge in [-0.3, -0.25) is 4.99 Å². The molecule has 2 aromatic carbocycles. The summed E-state index contributed by atoms with van der Waals surface area (Å²) < 4.78 is 0. The molecule has 4 heteroatoms. The number of aromatic nitrogens is 1. The molecule has 0 saturated carbocycles. The Labute approximate surface area is 158 Å². The Kier molecular flexibility index (Phi) is 4.48. The van der Waals surface area contributed by atoms with Crippen molar-refractivity contribution in [2.45, 2.75) is 26.3 Å². The first-order valence-corrected chi connectivity index (χ1v) is 9.21. The fourth-order valence-electron chi connectivity index (χ4n) is 3.32. The number of amidine groups is 1. The third-order valence-electron chi connectivity index (χ3n) is 4.71. The SMILES string of the molecule is CCC1N=C(Nc2nc(-c3ccccc3Cl)cc3ccccc23)C=C1C. The van der Waals surface area contributed by atoms with Crippen molar-refractivity contribution in [1.82, 2.24) is 4.98 Å². The number of pyridine rings is 1. The molecule has 1 aliphatic rings. The Balaban J connectivity index is 1.82. The van der Waals surface area contributed by atoms with E-state index in [0.29, 0.717) is 5.02 Å². The zero-order chi connectivity index (χ0) is 18.1. The van der Waals surface area contributed by atoms with Crippen LogP contribution in [0.25, 0.3) is 22.0 Å². The van der Waals surface area contributed by atoms with Crippen molar-refractivity contribution in [2.75, 3.05) is 5.32 Å². The molecular formula is C22H20ClN3. The molecule has 0 amide bonds. The van der Waals surface area contributed by atoms with Gasteiger partial charge in [0.15, 0.2) is 0 Å². The number of hydrogen-bond donors (Lipinski definition) is 1. The summed E-state index contributed by atoms with van der Waals surface area (Å²) in [5, 5.41) is 6.31. The fraction of sp³-hybridized carbons (Fsp3) is 0.182. The van der Waals surface area contributed by atoms with Crippen molar-refractivity contribution < 1.29 is 0 Å². The van der Waals surface area contributed by atoms with E-state index in [1.165, 1.54) is 5.57 Å². The maximum atomic E-state index is 6.40. The van der Waals surface area contributed by atoms with Gasteiger partial charge < -0.3 is 5.32 Å². The number of hydrogen-bond acceptors (Lipinski definition) is 3. The number of benzene rings is 2. The van der Waals surface area contributed by atoms with Crippen LogP contribution in [0, 0.1) is 0 Å². The molecule has 1 unspecified atom stereocenters. The lowest BCUT2D eigenvalue weighted by atomic mass is 10.1. The van der Waals surface area contributed by atoms with Gasteiger partial charge in [-0.05, 0) is 42.5 Å². The first-order valence-electron chi connectivity index (χ1n) is 8.83. The number of fused-ring (bicyclic) bond motifs is 1. The molecule has 0 aliphatic carbocycles. The second-order valence-corrected chi connectivity index (χ2v) is 6.92. The highest BCUT2D eigenvalue weighted by Gasteiger charge is 2.17. The van der Waals surface area contributed by atoms with E-state index < -0.39 is 0 Å². The lowest BCUT2D eigenvalue weighted by molar-refractivity contribution is 0.756. The van der Waals surface area contributed by atoms with E-state index in [9.17, 15) is 0 Å². The summed E-state index contributed by atoms with van der Waals surface area (Å²) in [6.45, 7) is 4.28. The minimum atomic E-state index is 0.260. The molecule has 4 rings (SSSR count). The Hall–Kier alpha value is -2.65. The highest BCUT2D eigenvalue weighted by atomic mass is 35.5. The standard InChI is InChI=1S/C22H20ClN3/c1-3-19-14(2)12-21(24-19)26-22-16-9-5-4-8-15(16)13-20(25-22)17-10-6-7-11-18(17)23/h4-13,19H,3H2,1-2H3,(H,24,25,26). The Morgan fingerprint density at radius 3 is 2.62 bits per heavy atom. The van der Waals surface area contributed by atoms with Gasteiger partial charge in [0, 0.05) is 16.0 Å². The van der Waals surface area contributed by atoms with E-state index in [2.05, 4.69) is 43.4 Å². The van der Waals surface area contributed by atoms with E-state index in [4.69, 9.17) is 21.6 Å². The molecule has 0 spiro atoms. The van der Waals surface area contributed by atoms with Crippen molar-refractivity contribution in [3.8, 4) is 11.3 Å². The average Bonchev–Trinajstić information content (AvgIpc) is 3.01. The minimum absolute atomic E-state index is 0.260. The molecular weight excluding hydrogens is 342 g/mol. The largest absolute Gasteiger partial charge is 0.325 e. The van der Waals surface area contributed by atoms with Crippen LogP contribution in [-0.4, -0.2) is 16.9 Å². The van der Waals surface area contributed by atoms with Crippen LogP contribution in [-0.2, 0) is 0 Å². The maximum absolute atomic E-state index is 6.40. The smallest absolute Gasteiger partial charge is 0.140 e. The molecule has 1 atom stereocenters. The van der Waals surface area contributed by atoms with Crippen LogP contribution >= 0.6 is 11.6 Å². The van der Waals surface area contributed by atoms with Crippen molar-refractivity contribution in [1.29, 1.82) is 0 Å². The van der Waals surface area contributed by atoms with Gasteiger partial charge in [-0.15, -0.1) is 0 Å². The molecule has 26 heavy (non-hydrogen) atoms. The molecule has 0 saturated heterocycles. The second-order valence-electron chi connectivity index (χ2n) is 6.51. The van der Waals surface area contributed by atoms with Gasteiger partial charge >= 0.3 is 0 Å². The number of rotatable bonds is 3. The van der Waals surface area contributed by atoms with Crippen LogP contribution in [0.1, 0.15) is 20.3 Å². The molecule has 0 fully saturated rings. The first kappa shape index (κ1) is 16.8. The van der Waals surface area contributed by atoms with E-state index in [-0.39, 0.29) is 6.04 Å². The minimum Gasteiger partial charge on any atom is -0.325 e. The zero-order valence-corrected chi connectivity index (χ0v) is 15.6. The molecule has 130 valence electrons. The van der Waals surface area contributed by atoms with E-state index in [1.807, 2.05) is 36.4 Å². The Bertz CT molecular complexity index is 1040. The molecule has 1 aliphatic heterocycles. The third kappa shape index (κ3) is 3.11. The van der Waals surface area contributed by atoms with Crippen LogP contribution in [0.2, 0.25) is 5.02 Å². The second kappa shape index (κ2) is 6.93. The quantitative estimate of drug-likeness (QED) is 0.611. The van der Waals surface area contributed by atoms with Gasteiger partial charge in [0.1, 0.15) is 11.7 Å². The Morgan fingerprint density at radius 2 is 1.85 bits per heavy atom. The van der Waals surface area contributed by atoms with Gasteiger partial charge in [-0.25, -0.2) is 4.98 Å². The summed E-state index contributed by atoms with van der Waals surface area (Å²) in [4.78, 5) is 9.62. The number of nitrogens with one attached hydrogen (secondary N) is 1. The molecule has 0 bridgehead atoms. The van der Waals surface area contributed by atoms with Crippen LogP contribution in [0.15, 0.2) is 71.2 Å². The van der Waals surface area contributed by atoms with E-state index >= 15 is 0 Å². The van der Waals surface area contributed by atoms with Gasteiger partial charge in [0.2, 0.25) is 0 Å². The number of nitrogens with zero attached hydrogens (tertiary/aromatic N) is 2. The summed E-state index contributed by atoms with van der Waals surface area (Å²) in [6, 6.07) is 18.3. The number of aliphatic imine (C=N–C) groups is 1. The summed E-state index contributed by atoms with van der Waals surface area (Å²) >= 11 is 6.40. The number of halogens is 1. The Morgan fingerprint density at radius 1 is 1.08 bits per heavy atom. The predicted octanol–water partition coefficient (Wildman–Crippen LogP) is 6.10. The average molecular weight is 362 g/mol. The van der Waals surface area contributed by atoms with Gasteiger partial charge in [-0.2, -0.15) is 0 Å². The summed E-state index contributed by atoms with van der Waals surface area (Å²) in [5.74, 6) is 1.67. The summed E-state index contributed by atoms with van der Waals surface area (Å²) in [7, 11) is 0. The predicted molar refractivity (Wildman–Crippen MR) is 111 cm³/mol. The highest BCUT2D eigenvalue weighted by Crippen LogP contribution is 2.32. The molecule has 1 N–H and O–H groups in total. The van der Waals surface area contributed by atoms with Crippen LogP contribution in [0.4, 0.5) is 5.82 Å². The molecule has 0 radical (unpaired) electrons. The van der Waals surface area contributed by atoms with Gasteiger partial charge in [-0.1, -0.05) is 61.0 Å². The lowest BCUT2D eigenvalue weighted by Gasteiger charge is -2.12. The summed E-state index contributed by atoms with van der Waals surface area (Å²) in [6.07, 6.45) is 3.11. The molecule has 1 aromatic heterocycles. The third-order valence-corrected chi connectivity index (χ3v) is 5.04. The fourth-order valence-corrected chi connectivity index (χ4v) is 3.56. The molecule has 3 nitrogen and oxygen atoms in total. The maximum Gasteiger partial charge on any atom is 0.140 e. The summed E-state index contributed by atoms with van der Waals surface area (Å²) in [5.41, 5.74) is 3.05. The van der Waals surface area contributed by atoms with Crippen molar-refractivity contribution in [3.63, 3.8) is 0 Å². The van der Waals surface area contributed by atoms with Crippen LogP contribution in [0.5, 0.6) is 0 Å². The topological polar surface area (TPSA) is 37.3 Å². The van der Waals surface area contributed by atoms with E-state index in [0.717, 1.165) is 40.1 Å². The van der Waals surface area contributed by atoms with Crippen molar-refractivity contribution in [2.24, 2.45) is 4.99 Å². The van der Waals surface area contributed by atoms with Crippen LogP contribution < -0.4 is 5.32 Å². The monoisotopic (exact) mass is 361 g/mol. The highest BCUT2D eigenvalue weighted by molar-refractivity contribution is 6.33. The first-order chi connectivity index (χ1) is 12.7. The van der Waals surface area contributed by atoms with Gasteiger partial charge in [0.25, 0.3) is 0 Å². The molecule has 3 aromatic rings. The lowest BCUT2D eigenvalue weighted by Crippen LogP contribution is -2.10. The van der Waals surface area contributed by atoms with Crippen molar-refractivity contribution >= 4 is 34.0 Å².